The van der Waals surface area contributed by atoms with E-state index in [1.165, 1.54) is 10.5 Å². The fourth-order valence-corrected chi connectivity index (χ4v) is 1.84. The number of carbonyl (C=O) groups excluding carboxylic acids is 2. The molecule has 1 aliphatic heterocycles. The predicted molar refractivity (Wildman–Crippen MR) is 66.1 cm³/mol. The lowest BCUT2D eigenvalue weighted by molar-refractivity contribution is -0.124. The van der Waals surface area contributed by atoms with Crippen molar-refractivity contribution in [2.24, 2.45) is 0 Å². The van der Waals surface area contributed by atoms with Crippen molar-refractivity contribution >= 4 is 12.0 Å². The van der Waals surface area contributed by atoms with E-state index in [1.54, 1.807) is 7.05 Å². The van der Waals surface area contributed by atoms with Gasteiger partial charge in [-0.3, -0.25) is 9.69 Å². The van der Waals surface area contributed by atoms with Crippen molar-refractivity contribution in [3.8, 4) is 0 Å². The van der Waals surface area contributed by atoms with E-state index in [-0.39, 0.29) is 12.5 Å². The molecule has 5 nitrogen and oxygen atoms in total. The Morgan fingerprint density at radius 3 is 2.78 bits per heavy atom. The largest absolute Gasteiger partial charge is 0.447 e. The van der Waals surface area contributed by atoms with Gasteiger partial charge >= 0.3 is 6.09 Å². The Morgan fingerprint density at radius 1 is 1.44 bits per heavy atom. The first-order valence-corrected chi connectivity index (χ1v) is 5.89. The van der Waals surface area contributed by atoms with Gasteiger partial charge < -0.3 is 10.1 Å². The van der Waals surface area contributed by atoms with Gasteiger partial charge in [0, 0.05) is 13.6 Å². The smallest absolute Gasteiger partial charge is 0.410 e. The van der Waals surface area contributed by atoms with Crippen molar-refractivity contribution in [2.45, 2.75) is 12.5 Å². The molecule has 1 fully saturated rings. The minimum absolute atomic E-state index is 0.131. The van der Waals surface area contributed by atoms with Crippen LogP contribution in [0, 0.1) is 0 Å². The minimum atomic E-state index is -0.506. The summed E-state index contributed by atoms with van der Waals surface area (Å²) in [5.74, 6) is -0.167. The van der Waals surface area contributed by atoms with Gasteiger partial charge in [0.25, 0.3) is 0 Å². The first-order valence-electron chi connectivity index (χ1n) is 5.89. The number of amides is 2. The van der Waals surface area contributed by atoms with Crippen LogP contribution >= 0.6 is 0 Å². The normalized spacial score (nSPS) is 18.6. The van der Waals surface area contributed by atoms with Crippen LogP contribution in [0.4, 0.5) is 4.79 Å². The van der Waals surface area contributed by atoms with E-state index < -0.39 is 12.1 Å². The van der Waals surface area contributed by atoms with Gasteiger partial charge in [-0.15, -0.1) is 0 Å². The molecule has 1 N–H and O–H groups in total. The van der Waals surface area contributed by atoms with Crippen molar-refractivity contribution in [3.05, 3.63) is 35.9 Å². The van der Waals surface area contributed by atoms with Gasteiger partial charge in [-0.1, -0.05) is 30.3 Å². The second-order valence-corrected chi connectivity index (χ2v) is 4.23. The van der Waals surface area contributed by atoms with E-state index in [9.17, 15) is 9.59 Å². The first kappa shape index (κ1) is 12.4. The Bertz CT molecular complexity index is 433. The minimum Gasteiger partial charge on any atom is -0.447 e. The summed E-state index contributed by atoms with van der Waals surface area (Å²) >= 11 is 0. The molecule has 1 unspecified atom stereocenters. The Kier molecular flexibility index (Phi) is 3.82. The summed E-state index contributed by atoms with van der Waals surface area (Å²) in [5, 5.41) is 2.81. The molecule has 0 bridgehead atoms. The maximum Gasteiger partial charge on any atom is 0.410 e. The summed E-state index contributed by atoms with van der Waals surface area (Å²) in [6, 6.07) is 9.41. The molecule has 0 spiro atoms. The van der Waals surface area contributed by atoms with Gasteiger partial charge in [0.1, 0.15) is 12.6 Å². The molecule has 1 saturated heterocycles. The molecule has 0 aromatic heterocycles. The lowest BCUT2D eigenvalue weighted by Gasteiger charge is -2.15. The number of carbonyl (C=O) groups is 2. The van der Waals surface area contributed by atoms with E-state index in [0.717, 1.165) is 6.42 Å². The van der Waals surface area contributed by atoms with Crippen LogP contribution in [0.1, 0.15) is 5.56 Å². The molecule has 0 aliphatic carbocycles. The van der Waals surface area contributed by atoms with Crippen molar-refractivity contribution in [1.29, 1.82) is 0 Å². The molecule has 5 heteroatoms. The van der Waals surface area contributed by atoms with Crippen LogP contribution in [0.25, 0.3) is 0 Å². The number of likely N-dealkylation sites (N-methyl/N-ethyl adjacent to an activating group) is 1. The third-order valence-electron chi connectivity index (χ3n) is 2.98. The summed E-state index contributed by atoms with van der Waals surface area (Å²) < 4.78 is 4.79. The maximum absolute atomic E-state index is 11.8. The number of ether oxygens (including phenoxy) is 1. The van der Waals surface area contributed by atoms with Crippen LogP contribution in [-0.2, 0) is 16.0 Å². The number of cyclic esters (lactones) is 1. The maximum atomic E-state index is 11.8. The highest BCUT2D eigenvalue weighted by Gasteiger charge is 2.34. The Morgan fingerprint density at radius 2 is 2.17 bits per heavy atom. The summed E-state index contributed by atoms with van der Waals surface area (Å²) in [6.45, 7) is 0.688. The fraction of sp³-hybridized carbons (Fsp3) is 0.385. The molecule has 1 heterocycles. The van der Waals surface area contributed by atoms with Crippen LogP contribution in [0.5, 0.6) is 0 Å². The molecular weight excluding hydrogens is 232 g/mol. The van der Waals surface area contributed by atoms with E-state index in [2.05, 4.69) is 5.32 Å². The summed E-state index contributed by atoms with van der Waals surface area (Å²) in [5.41, 5.74) is 1.17. The van der Waals surface area contributed by atoms with Gasteiger partial charge in [0.05, 0.1) is 0 Å². The molecule has 1 atom stereocenters. The van der Waals surface area contributed by atoms with Crippen molar-refractivity contribution in [3.63, 3.8) is 0 Å². The van der Waals surface area contributed by atoms with Crippen LogP contribution < -0.4 is 5.32 Å². The molecule has 18 heavy (non-hydrogen) atoms. The predicted octanol–water partition coefficient (Wildman–Crippen LogP) is 0.796. The standard InChI is InChI=1S/C13H16N2O3/c1-15-11(9-18-13(15)17)12(16)14-8-7-10-5-3-2-4-6-10/h2-6,11H,7-9H2,1H3,(H,14,16). The second kappa shape index (κ2) is 5.53. The molecule has 0 radical (unpaired) electrons. The van der Waals surface area contributed by atoms with Crippen molar-refractivity contribution in [2.75, 3.05) is 20.2 Å². The lowest BCUT2D eigenvalue weighted by Crippen LogP contribution is -2.44. The number of benzene rings is 1. The van der Waals surface area contributed by atoms with Crippen LogP contribution in [0.15, 0.2) is 30.3 Å². The van der Waals surface area contributed by atoms with Crippen LogP contribution in [0.2, 0.25) is 0 Å². The quantitative estimate of drug-likeness (QED) is 0.857. The highest BCUT2D eigenvalue weighted by atomic mass is 16.6. The molecule has 0 saturated carbocycles. The highest BCUT2D eigenvalue weighted by molar-refractivity contribution is 5.87. The summed E-state index contributed by atoms with van der Waals surface area (Å²) in [6.07, 6.45) is 0.330. The Balaban J connectivity index is 1.77. The van der Waals surface area contributed by atoms with Crippen LogP contribution in [0.3, 0.4) is 0 Å². The zero-order chi connectivity index (χ0) is 13.0. The molecule has 2 amide bonds. The monoisotopic (exact) mass is 248 g/mol. The average molecular weight is 248 g/mol. The number of nitrogens with zero attached hydrogens (tertiary/aromatic N) is 1. The molecule has 1 aromatic carbocycles. The lowest BCUT2D eigenvalue weighted by atomic mass is 10.1. The second-order valence-electron chi connectivity index (χ2n) is 4.23. The summed E-state index contributed by atoms with van der Waals surface area (Å²) in [7, 11) is 1.57. The van der Waals surface area contributed by atoms with Crippen LogP contribution in [-0.4, -0.2) is 43.1 Å². The Labute approximate surface area is 106 Å². The molecular formula is C13H16N2O3. The molecule has 96 valence electrons. The topological polar surface area (TPSA) is 58.6 Å². The zero-order valence-corrected chi connectivity index (χ0v) is 10.3. The van der Waals surface area contributed by atoms with Crippen molar-refractivity contribution in [1.82, 2.24) is 10.2 Å². The molecule has 1 aromatic rings. The third-order valence-corrected chi connectivity index (χ3v) is 2.98. The average Bonchev–Trinajstić information content (AvgIpc) is 2.71. The first-order chi connectivity index (χ1) is 8.68. The number of hydrogen-bond acceptors (Lipinski definition) is 3. The van der Waals surface area contributed by atoms with Gasteiger partial charge in [-0.05, 0) is 12.0 Å². The van der Waals surface area contributed by atoms with Gasteiger partial charge in [0.2, 0.25) is 5.91 Å². The number of rotatable bonds is 4. The molecule has 1 aliphatic rings. The number of hydrogen-bond donors (Lipinski definition) is 1. The van der Waals surface area contributed by atoms with E-state index in [0.29, 0.717) is 6.54 Å². The van der Waals surface area contributed by atoms with E-state index >= 15 is 0 Å². The SMILES string of the molecule is CN1C(=O)OCC1C(=O)NCCc1ccccc1. The fourth-order valence-electron chi connectivity index (χ4n) is 1.84. The van der Waals surface area contributed by atoms with E-state index in [1.807, 2.05) is 30.3 Å². The summed E-state index contributed by atoms with van der Waals surface area (Å²) in [4.78, 5) is 24.2. The van der Waals surface area contributed by atoms with Gasteiger partial charge in [-0.2, -0.15) is 0 Å². The van der Waals surface area contributed by atoms with E-state index in [4.69, 9.17) is 4.74 Å². The number of nitrogens with one attached hydrogen (secondary N) is 1. The zero-order valence-electron chi connectivity index (χ0n) is 10.3. The van der Waals surface area contributed by atoms with Gasteiger partial charge in [-0.25, -0.2) is 4.79 Å². The highest BCUT2D eigenvalue weighted by Crippen LogP contribution is 2.09. The van der Waals surface area contributed by atoms with Crippen molar-refractivity contribution < 1.29 is 14.3 Å². The third kappa shape index (κ3) is 2.80. The molecule has 2 rings (SSSR count). The van der Waals surface area contributed by atoms with Gasteiger partial charge in [0.15, 0.2) is 0 Å². The Hall–Kier alpha value is -2.04.